The minimum Gasteiger partial charge on any atom is -0.345 e. The Kier molecular flexibility index (Phi) is 6.09. The highest BCUT2D eigenvalue weighted by Crippen LogP contribution is 2.16. The van der Waals surface area contributed by atoms with Crippen molar-refractivity contribution >= 4 is 17.3 Å². The van der Waals surface area contributed by atoms with E-state index in [4.69, 9.17) is 0 Å². The minimum absolute atomic E-state index is 0.171. The van der Waals surface area contributed by atoms with E-state index in [1.807, 2.05) is 49.4 Å². The van der Waals surface area contributed by atoms with Crippen LogP contribution in [0.4, 0.5) is 0 Å². The molecule has 0 radical (unpaired) electrons. The Labute approximate surface area is 165 Å². The zero-order chi connectivity index (χ0) is 20.1. The summed E-state index contributed by atoms with van der Waals surface area (Å²) in [6.07, 6.45) is 3.69. The van der Waals surface area contributed by atoms with Crippen molar-refractivity contribution in [2.75, 3.05) is 13.6 Å². The first kappa shape index (κ1) is 19.6. The smallest absolute Gasteiger partial charge is 0.287 e. The van der Waals surface area contributed by atoms with Gasteiger partial charge in [-0.2, -0.15) is 0 Å². The maximum Gasteiger partial charge on any atom is 0.287 e. The third kappa shape index (κ3) is 4.22. The van der Waals surface area contributed by atoms with Crippen molar-refractivity contribution in [2.24, 2.45) is 0 Å². The predicted octanol–water partition coefficient (Wildman–Crippen LogP) is 3.44. The van der Waals surface area contributed by atoms with Crippen LogP contribution in [0.5, 0.6) is 0 Å². The Morgan fingerprint density at radius 2 is 2.00 bits per heavy atom. The Hall–Kier alpha value is -3.15. The van der Waals surface area contributed by atoms with Crippen LogP contribution in [0.3, 0.4) is 0 Å². The largest absolute Gasteiger partial charge is 0.345 e. The lowest BCUT2D eigenvalue weighted by Crippen LogP contribution is -2.28. The minimum atomic E-state index is -0.307. The fraction of sp³-hybridized carbons (Fsp3) is 0.318. The van der Waals surface area contributed by atoms with Gasteiger partial charge in [-0.15, -0.1) is 0 Å². The molecule has 2 amide bonds. The zero-order valence-electron chi connectivity index (χ0n) is 16.6. The molecule has 0 aliphatic heterocycles. The van der Waals surface area contributed by atoms with Crippen molar-refractivity contribution in [1.82, 2.24) is 19.6 Å². The molecule has 2 aromatic heterocycles. The molecule has 6 nitrogen and oxygen atoms in total. The maximum absolute atomic E-state index is 12.8. The van der Waals surface area contributed by atoms with Gasteiger partial charge in [0.05, 0.1) is 5.52 Å². The molecule has 1 N–H and O–H groups in total. The molecule has 0 aliphatic carbocycles. The average Bonchev–Trinajstić information content (AvgIpc) is 3.09. The van der Waals surface area contributed by atoms with Crippen molar-refractivity contribution in [3.63, 3.8) is 0 Å². The summed E-state index contributed by atoms with van der Waals surface area (Å²) in [6.45, 7) is 5.17. The van der Waals surface area contributed by atoms with Crippen LogP contribution in [-0.4, -0.2) is 39.7 Å². The number of aryl methyl sites for hydroxylation is 1. The van der Waals surface area contributed by atoms with Crippen LogP contribution in [-0.2, 0) is 6.54 Å². The van der Waals surface area contributed by atoms with Gasteiger partial charge in [0, 0.05) is 26.3 Å². The Bertz CT molecular complexity index is 993. The van der Waals surface area contributed by atoms with E-state index < -0.39 is 0 Å². The second-order valence-electron chi connectivity index (χ2n) is 6.99. The van der Waals surface area contributed by atoms with Crippen molar-refractivity contribution in [3.05, 3.63) is 71.3 Å². The molecule has 0 atom stereocenters. The lowest BCUT2D eigenvalue weighted by atomic mass is 10.1. The molecule has 6 heteroatoms. The van der Waals surface area contributed by atoms with Gasteiger partial charge in [-0.25, -0.2) is 4.98 Å². The highest BCUT2D eigenvalue weighted by molar-refractivity contribution is 6.02. The summed E-state index contributed by atoms with van der Waals surface area (Å²) < 4.78 is 1.67. The topological polar surface area (TPSA) is 66.7 Å². The Morgan fingerprint density at radius 3 is 2.75 bits per heavy atom. The summed E-state index contributed by atoms with van der Waals surface area (Å²) in [6, 6.07) is 13.4. The van der Waals surface area contributed by atoms with E-state index in [0.717, 1.165) is 24.0 Å². The van der Waals surface area contributed by atoms with E-state index in [2.05, 4.69) is 17.2 Å². The van der Waals surface area contributed by atoms with E-state index >= 15 is 0 Å². The molecule has 0 spiro atoms. The molecule has 0 bridgehead atoms. The third-order valence-electron chi connectivity index (χ3n) is 4.68. The van der Waals surface area contributed by atoms with Gasteiger partial charge < -0.3 is 10.2 Å². The van der Waals surface area contributed by atoms with Gasteiger partial charge >= 0.3 is 0 Å². The molecule has 146 valence electrons. The number of carbonyl (C=O) groups excluding carboxylic acids is 2. The number of aromatic nitrogens is 2. The van der Waals surface area contributed by atoms with Crippen molar-refractivity contribution in [1.29, 1.82) is 0 Å². The van der Waals surface area contributed by atoms with E-state index in [9.17, 15) is 9.59 Å². The second kappa shape index (κ2) is 8.69. The molecule has 3 aromatic rings. The highest BCUT2D eigenvalue weighted by Gasteiger charge is 2.23. The fourth-order valence-electron chi connectivity index (χ4n) is 3.12. The first-order chi connectivity index (χ1) is 13.5. The number of pyridine rings is 1. The Morgan fingerprint density at radius 1 is 1.18 bits per heavy atom. The van der Waals surface area contributed by atoms with Gasteiger partial charge in [0.25, 0.3) is 11.8 Å². The number of benzene rings is 1. The summed E-state index contributed by atoms with van der Waals surface area (Å²) in [5.74, 6) is -0.261. The van der Waals surface area contributed by atoms with E-state index in [0.29, 0.717) is 24.3 Å². The molecule has 0 unspecified atom stereocenters. The molecule has 28 heavy (non-hydrogen) atoms. The van der Waals surface area contributed by atoms with Gasteiger partial charge in [0.15, 0.2) is 5.69 Å². The molecule has 0 fully saturated rings. The molecule has 1 aromatic carbocycles. The van der Waals surface area contributed by atoms with Gasteiger partial charge in [0.2, 0.25) is 5.82 Å². The molecule has 0 saturated carbocycles. The van der Waals surface area contributed by atoms with Crippen LogP contribution in [0.15, 0.2) is 48.7 Å². The fourth-order valence-corrected chi connectivity index (χ4v) is 3.12. The number of carbonyl (C=O) groups is 2. The number of hydrogen-bond acceptors (Lipinski definition) is 3. The molecule has 3 rings (SSSR count). The van der Waals surface area contributed by atoms with E-state index in [-0.39, 0.29) is 17.6 Å². The summed E-state index contributed by atoms with van der Waals surface area (Å²) >= 11 is 0. The van der Waals surface area contributed by atoms with Crippen LogP contribution in [0, 0.1) is 6.92 Å². The van der Waals surface area contributed by atoms with Crippen molar-refractivity contribution < 1.29 is 9.59 Å². The van der Waals surface area contributed by atoms with Gasteiger partial charge in [0.1, 0.15) is 0 Å². The van der Waals surface area contributed by atoms with E-state index in [1.54, 1.807) is 22.5 Å². The van der Waals surface area contributed by atoms with E-state index in [1.165, 1.54) is 0 Å². The van der Waals surface area contributed by atoms with Gasteiger partial charge in [-0.05, 0) is 31.0 Å². The standard InChI is InChI=1S/C22H26N4O2/c1-4-5-12-25(3)22(28)19-18-11-6-7-13-26(18)20(24-19)21(27)23-15-17-10-8-9-16(2)14-17/h6-11,13-14H,4-5,12,15H2,1-3H3,(H,23,27). The van der Waals surface area contributed by atoms with Crippen LogP contribution in [0.2, 0.25) is 0 Å². The second-order valence-corrected chi connectivity index (χ2v) is 6.99. The summed E-state index contributed by atoms with van der Waals surface area (Å²) in [4.78, 5) is 31.7. The zero-order valence-corrected chi connectivity index (χ0v) is 16.6. The average molecular weight is 378 g/mol. The molecule has 0 aliphatic rings. The summed E-state index contributed by atoms with van der Waals surface area (Å²) in [5.41, 5.74) is 3.10. The van der Waals surface area contributed by atoms with Crippen LogP contribution in [0.25, 0.3) is 5.52 Å². The lowest BCUT2D eigenvalue weighted by Gasteiger charge is -2.15. The summed E-state index contributed by atoms with van der Waals surface area (Å²) in [5, 5.41) is 2.90. The maximum atomic E-state index is 12.8. The number of nitrogens with one attached hydrogen (secondary N) is 1. The number of hydrogen-bond donors (Lipinski definition) is 1. The number of imidazole rings is 1. The lowest BCUT2D eigenvalue weighted by molar-refractivity contribution is 0.0790. The first-order valence-electron chi connectivity index (χ1n) is 9.57. The van der Waals surface area contributed by atoms with Crippen LogP contribution >= 0.6 is 0 Å². The van der Waals surface area contributed by atoms with Crippen molar-refractivity contribution in [3.8, 4) is 0 Å². The molecule has 0 saturated heterocycles. The Balaban J connectivity index is 1.85. The van der Waals surface area contributed by atoms with Crippen LogP contribution < -0.4 is 5.32 Å². The van der Waals surface area contributed by atoms with Crippen molar-refractivity contribution in [2.45, 2.75) is 33.2 Å². The molecule has 2 heterocycles. The van der Waals surface area contributed by atoms with Gasteiger partial charge in [-0.3, -0.25) is 14.0 Å². The quantitative estimate of drug-likeness (QED) is 0.685. The number of amides is 2. The molecular weight excluding hydrogens is 352 g/mol. The number of unbranched alkanes of at least 4 members (excludes halogenated alkanes) is 1. The van der Waals surface area contributed by atoms with Crippen LogP contribution in [0.1, 0.15) is 52.0 Å². The molecular formula is C22H26N4O2. The first-order valence-corrected chi connectivity index (χ1v) is 9.57. The SMILES string of the molecule is CCCCN(C)C(=O)c1nc(C(=O)NCc2cccc(C)c2)n2ccccc12. The number of fused-ring (bicyclic) bond motifs is 1. The van der Waals surface area contributed by atoms with Gasteiger partial charge in [-0.1, -0.05) is 49.2 Å². The third-order valence-corrected chi connectivity index (χ3v) is 4.68. The normalized spacial score (nSPS) is 10.8. The number of rotatable bonds is 7. The summed E-state index contributed by atoms with van der Waals surface area (Å²) in [7, 11) is 1.77. The number of nitrogens with zero attached hydrogens (tertiary/aromatic N) is 3. The monoisotopic (exact) mass is 378 g/mol. The predicted molar refractivity (Wildman–Crippen MR) is 109 cm³/mol. The highest BCUT2D eigenvalue weighted by atomic mass is 16.2.